The summed E-state index contributed by atoms with van der Waals surface area (Å²) in [4.78, 5) is 11.4. The zero-order valence-electron chi connectivity index (χ0n) is 6.97. The molecule has 68 valence electrons. The second kappa shape index (κ2) is 2.20. The van der Waals surface area contributed by atoms with Crippen LogP contribution in [0.5, 0.6) is 0 Å². The second-order valence-electron chi connectivity index (χ2n) is 4.05. The molecule has 0 atom stereocenters. The molecule has 0 heterocycles. The molecule has 2 aliphatic carbocycles. The van der Waals surface area contributed by atoms with E-state index in [1.807, 2.05) is 0 Å². The molecule has 2 rings (SSSR count). The van der Waals surface area contributed by atoms with Crippen LogP contribution in [-0.4, -0.2) is 28.7 Å². The fraction of sp³-hybridized carbons (Fsp3) is 0.875. The van der Waals surface area contributed by atoms with E-state index in [4.69, 9.17) is 10.8 Å². The minimum atomic E-state index is -0.606. The van der Waals surface area contributed by atoms with Crippen molar-refractivity contribution in [3.8, 4) is 0 Å². The lowest BCUT2D eigenvalue weighted by atomic mass is 10.2. The summed E-state index contributed by atoms with van der Waals surface area (Å²) >= 11 is 0. The van der Waals surface area contributed by atoms with E-state index in [0.717, 1.165) is 25.7 Å². The van der Waals surface area contributed by atoms with E-state index in [-0.39, 0.29) is 18.1 Å². The lowest BCUT2D eigenvalue weighted by Crippen LogP contribution is -2.49. The van der Waals surface area contributed by atoms with E-state index in [1.165, 1.54) is 0 Å². The summed E-state index contributed by atoms with van der Waals surface area (Å²) in [6.45, 7) is 0.0365. The van der Waals surface area contributed by atoms with Crippen molar-refractivity contribution in [2.45, 2.75) is 36.8 Å². The summed E-state index contributed by atoms with van der Waals surface area (Å²) in [5.74, 6) is -0.0888. The molecule has 4 heteroatoms. The van der Waals surface area contributed by atoms with Gasteiger partial charge in [0.1, 0.15) is 0 Å². The van der Waals surface area contributed by atoms with Crippen LogP contribution in [0.1, 0.15) is 25.7 Å². The first-order valence-electron chi connectivity index (χ1n) is 4.33. The van der Waals surface area contributed by atoms with Crippen molar-refractivity contribution in [2.24, 2.45) is 5.73 Å². The van der Waals surface area contributed by atoms with Gasteiger partial charge >= 0.3 is 0 Å². The van der Waals surface area contributed by atoms with Gasteiger partial charge in [-0.1, -0.05) is 0 Å². The van der Waals surface area contributed by atoms with Gasteiger partial charge in [-0.05, 0) is 25.7 Å². The van der Waals surface area contributed by atoms with Crippen LogP contribution < -0.4 is 11.1 Å². The SMILES string of the molecule is NC1(C(=O)NC2(CO)CC2)CC1. The summed E-state index contributed by atoms with van der Waals surface area (Å²) in [6, 6.07) is 0. The summed E-state index contributed by atoms with van der Waals surface area (Å²) in [5, 5.41) is 11.7. The monoisotopic (exact) mass is 170 g/mol. The van der Waals surface area contributed by atoms with Gasteiger partial charge in [0.15, 0.2) is 0 Å². The highest BCUT2D eigenvalue weighted by Gasteiger charge is 2.51. The fourth-order valence-corrected chi connectivity index (χ4v) is 1.20. The van der Waals surface area contributed by atoms with Crippen molar-refractivity contribution >= 4 is 5.91 Å². The van der Waals surface area contributed by atoms with E-state index in [0.29, 0.717) is 0 Å². The average Bonchev–Trinajstić information content (AvgIpc) is 2.90. The number of hydrogen-bond donors (Lipinski definition) is 3. The number of carbonyl (C=O) groups excluding carboxylic acids is 1. The topological polar surface area (TPSA) is 75.4 Å². The molecule has 2 fully saturated rings. The third kappa shape index (κ3) is 1.21. The highest BCUT2D eigenvalue weighted by Crippen LogP contribution is 2.38. The van der Waals surface area contributed by atoms with Crippen LogP contribution >= 0.6 is 0 Å². The molecule has 2 aliphatic rings. The molecule has 0 aromatic rings. The van der Waals surface area contributed by atoms with Gasteiger partial charge in [0.05, 0.1) is 17.7 Å². The Kier molecular flexibility index (Phi) is 1.47. The predicted molar refractivity (Wildman–Crippen MR) is 43.3 cm³/mol. The third-order valence-electron chi connectivity index (χ3n) is 2.78. The van der Waals surface area contributed by atoms with Gasteiger partial charge in [-0.25, -0.2) is 0 Å². The van der Waals surface area contributed by atoms with Crippen molar-refractivity contribution in [2.75, 3.05) is 6.61 Å². The van der Waals surface area contributed by atoms with Crippen LogP contribution in [-0.2, 0) is 4.79 Å². The Morgan fingerprint density at radius 3 is 2.33 bits per heavy atom. The minimum Gasteiger partial charge on any atom is -0.394 e. The normalized spacial score (nSPS) is 27.8. The Labute approximate surface area is 71.1 Å². The van der Waals surface area contributed by atoms with E-state index < -0.39 is 5.54 Å². The first-order chi connectivity index (χ1) is 5.60. The number of nitrogens with one attached hydrogen (secondary N) is 1. The quantitative estimate of drug-likeness (QED) is 0.515. The predicted octanol–water partition coefficient (Wildman–Crippen LogP) is -0.881. The molecule has 0 unspecified atom stereocenters. The van der Waals surface area contributed by atoms with Crippen molar-refractivity contribution < 1.29 is 9.90 Å². The molecule has 12 heavy (non-hydrogen) atoms. The highest BCUT2D eigenvalue weighted by atomic mass is 16.3. The Bertz CT molecular complexity index is 219. The average molecular weight is 170 g/mol. The Morgan fingerprint density at radius 2 is 2.00 bits per heavy atom. The number of nitrogens with two attached hydrogens (primary N) is 1. The Morgan fingerprint density at radius 1 is 1.42 bits per heavy atom. The molecule has 0 bridgehead atoms. The van der Waals surface area contributed by atoms with E-state index in [9.17, 15) is 4.79 Å². The molecular formula is C8H14N2O2. The standard InChI is InChI=1S/C8H14N2O2/c9-8(3-4-8)6(12)10-7(5-11)1-2-7/h11H,1-5,9H2,(H,10,12). The van der Waals surface area contributed by atoms with Gasteiger partial charge in [-0.15, -0.1) is 0 Å². The van der Waals surface area contributed by atoms with E-state index in [1.54, 1.807) is 0 Å². The van der Waals surface area contributed by atoms with Crippen LogP contribution in [0.3, 0.4) is 0 Å². The van der Waals surface area contributed by atoms with Crippen molar-refractivity contribution in [1.29, 1.82) is 0 Å². The van der Waals surface area contributed by atoms with Crippen LogP contribution in [0.2, 0.25) is 0 Å². The van der Waals surface area contributed by atoms with Gasteiger partial charge in [-0.2, -0.15) is 0 Å². The van der Waals surface area contributed by atoms with E-state index >= 15 is 0 Å². The number of rotatable bonds is 3. The molecule has 0 aliphatic heterocycles. The molecule has 2 saturated carbocycles. The Hall–Kier alpha value is -0.610. The molecule has 0 spiro atoms. The van der Waals surface area contributed by atoms with Crippen molar-refractivity contribution in [1.82, 2.24) is 5.32 Å². The van der Waals surface area contributed by atoms with Gasteiger partial charge in [0.2, 0.25) is 5.91 Å². The maximum Gasteiger partial charge on any atom is 0.240 e. The molecule has 0 radical (unpaired) electrons. The lowest BCUT2D eigenvalue weighted by molar-refractivity contribution is -0.124. The van der Waals surface area contributed by atoms with Crippen LogP contribution in [0.15, 0.2) is 0 Å². The smallest absolute Gasteiger partial charge is 0.240 e. The molecular weight excluding hydrogens is 156 g/mol. The van der Waals surface area contributed by atoms with E-state index in [2.05, 4.69) is 5.32 Å². The number of carbonyl (C=O) groups is 1. The van der Waals surface area contributed by atoms with Crippen LogP contribution in [0.4, 0.5) is 0 Å². The maximum atomic E-state index is 11.4. The number of amides is 1. The summed E-state index contributed by atoms with van der Waals surface area (Å²) < 4.78 is 0. The van der Waals surface area contributed by atoms with Gasteiger partial charge in [0, 0.05) is 0 Å². The first-order valence-corrected chi connectivity index (χ1v) is 4.33. The maximum absolute atomic E-state index is 11.4. The molecule has 1 amide bonds. The summed E-state index contributed by atoms with van der Waals surface area (Å²) in [7, 11) is 0. The van der Waals surface area contributed by atoms with Crippen molar-refractivity contribution in [3.05, 3.63) is 0 Å². The summed E-state index contributed by atoms with van der Waals surface area (Å²) in [6.07, 6.45) is 3.32. The first kappa shape index (κ1) is 8.01. The lowest BCUT2D eigenvalue weighted by Gasteiger charge is -2.17. The van der Waals surface area contributed by atoms with Gasteiger partial charge < -0.3 is 16.2 Å². The number of aliphatic hydroxyl groups is 1. The molecule has 4 nitrogen and oxygen atoms in total. The third-order valence-corrected chi connectivity index (χ3v) is 2.78. The van der Waals surface area contributed by atoms with Crippen molar-refractivity contribution in [3.63, 3.8) is 0 Å². The molecule has 0 aromatic carbocycles. The van der Waals surface area contributed by atoms with Gasteiger partial charge in [0.25, 0.3) is 0 Å². The fourth-order valence-electron chi connectivity index (χ4n) is 1.20. The zero-order chi connectivity index (χ0) is 8.82. The number of aliphatic hydroxyl groups excluding tert-OH is 1. The number of hydrogen-bond acceptors (Lipinski definition) is 3. The largest absolute Gasteiger partial charge is 0.394 e. The van der Waals surface area contributed by atoms with Crippen LogP contribution in [0, 0.1) is 0 Å². The highest BCUT2D eigenvalue weighted by molar-refractivity contribution is 5.89. The summed E-state index contributed by atoms with van der Waals surface area (Å²) in [5.41, 5.74) is 4.77. The van der Waals surface area contributed by atoms with Crippen LogP contribution in [0.25, 0.3) is 0 Å². The molecule has 0 saturated heterocycles. The Balaban J connectivity index is 1.91. The zero-order valence-corrected chi connectivity index (χ0v) is 6.97. The van der Waals surface area contributed by atoms with Gasteiger partial charge in [-0.3, -0.25) is 4.79 Å². The minimum absolute atomic E-state index is 0.0365. The molecule has 4 N–H and O–H groups in total. The molecule has 0 aromatic heterocycles. The second-order valence-corrected chi connectivity index (χ2v) is 4.05.